The number of nitrogens with two attached hydrogens (primary N) is 1. The molecule has 0 unspecified atom stereocenters. The number of hydrogen-bond donors (Lipinski definition) is 2. The van der Waals surface area contributed by atoms with E-state index in [1.54, 1.807) is 6.92 Å². The molecular formula is C12H14N2O5. The van der Waals surface area contributed by atoms with Crippen molar-refractivity contribution in [3.63, 3.8) is 0 Å². The highest BCUT2D eigenvalue weighted by Gasteiger charge is 2.53. The summed E-state index contributed by atoms with van der Waals surface area (Å²) in [6.07, 6.45) is 0.712. The average Bonchev–Trinajstić information content (AvgIpc) is 3.08. The summed E-state index contributed by atoms with van der Waals surface area (Å²) in [6.45, 7) is 1.61. The molecule has 1 aliphatic rings. The normalized spacial score (nSPS) is 15.9. The maximum Gasteiger partial charge on any atom is 0.360 e. The van der Waals surface area contributed by atoms with Gasteiger partial charge < -0.3 is 20.1 Å². The van der Waals surface area contributed by atoms with Crippen LogP contribution in [0.25, 0.3) is 0 Å². The second kappa shape index (κ2) is 4.11. The van der Waals surface area contributed by atoms with Gasteiger partial charge in [0.25, 0.3) is 5.91 Å². The molecule has 0 radical (unpaired) electrons. The minimum absolute atomic E-state index is 0.280. The average molecular weight is 266 g/mol. The van der Waals surface area contributed by atoms with Crippen LogP contribution in [0.4, 0.5) is 0 Å². The lowest BCUT2D eigenvalue weighted by atomic mass is 10.2. The lowest BCUT2D eigenvalue weighted by Crippen LogP contribution is -2.36. The summed E-state index contributed by atoms with van der Waals surface area (Å²) in [5.74, 6) is -2.35. The van der Waals surface area contributed by atoms with Gasteiger partial charge >= 0.3 is 5.97 Å². The van der Waals surface area contributed by atoms with Gasteiger partial charge in [0.05, 0.1) is 0 Å². The third-order valence-corrected chi connectivity index (χ3v) is 3.30. The van der Waals surface area contributed by atoms with E-state index in [1.165, 1.54) is 17.7 Å². The molecule has 0 aromatic carbocycles. The fraction of sp³-hybridized carbons (Fsp3) is 0.417. The van der Waals surface area contributed by atoms with Crippen LogP contribution in [0.15, 0.2) is 10.9 Å². The van der Waals surface area contributed by atoms with Gasteiger partial charge in [0.2, 0.25) is 5.43 Å². The maximum absolute atomic E-state index is 12.0. The topological polar surface area (TPSA) is 112 Å². The number of aryl methyl sites for hydroxylation is 1. The van der Waals surface area contributed by atoms with Crippen LogP contribution in [-0.2, 0) is 16.6 Å². The van der Waals surface area contributed by atoms with Crippen LogP contribution in [0, 0.1) is 6.92 Å². The fourth-order valence-corrected chi connectivity index (χ4v) is 1.78. The quantitative estimate of drug-likeness (QED) is 0.721. The molecule has 102 valence electrons. The van der Waals surface area contributed by atoms with Gasteiger partial charge in [-0.2, -0.15) is 0 Å². The van der Waals surface area contributed by atoms with E-state index in [0.29, 0.717) is 18.5 Å². The molecule has 19 heavy (non-hydrogen) atoms. The molecule has 0 aliphatic heterocycles. The van der Waals surface area contributed by atoms with Crippen LogP contribution < -0.4 is 11.2 Å². The van der Waals surface area contributed by atoms with E-state index in [9.17, 15) is 19.5 Å². The Kier molecular flexibility index (Phi) is 2.84. The summed E-state index contributed by atoms with van der Waals surface area (Å²) in [6, 6.07) is 1.20. The summed E-state index contributed by atoms with van der Waals surface area (Å²) in [7, 11) is 1.51. The second-order valence-electron chi connectivity index (χ2n) is 4.65. The van der Waals surface area contributed by atoms with Crippen LogP contribution >= 0.6 is 0 Å². The monoisotopic (exact) mass is 266 g/mol. The smallest absolute Gasteiger partial charge is 0.360 e. The van der Waals surface area contributed by atoms with Gasteiger partial charge in [0, 0.05) is 31.6 Å². The van der Waals surface area contributed by atoms with Gasteiger partial charge in [-0.1, -0.05) is 0 Å². The van der Waals surface area contributed by atoms with E-state index >= 15 is 0 Å². The van der Waals surface area contributed by atoms with Crippen molar-refractivity contribution < 1.29 is 19.4 Å². The Morgan fingerprint density at radius 3 is 2.53 bits per heavy atom. The molecule has 1 fully saturated rings. The first-order valence-corrected chi connectivity index (χ1v) is 5.71. The van der Waals surface area contributed by atoms with Crippen molar-refractivity contribution in [2.24, 2.45) is 12.8 Å². The second-order valence-corrected chi connectivity index (χ2v) is 4.65. The van der Waals surface area contributed by atoms with Crippen molar-refractivity contribution in [1.29, 1.82) is 0 Å². The van der Waals surface area contributed by atoms with Gasteiger partial charge in [0.1, 0.15) is 0 Å². The molecule has 1 saturated carbocycles. The zero-order chi connectivity index (χ0) is 14.4. The van der Waals surface area contributed by atoms with Crippen molar-refractivity contribution in [3.8, 4) is 5.75 Å². The van der Waals surface area contributed by atoms with Crippen molar-refractivity contribution in [2.45, 2.75) is 25.4 Å². The molecule has 0 saturated heterocycles. The number of primary amides is 1. The van der Waals surface area contributed by atoms with Gasteiger partial charge in [-0.25, -0.2) is 4.79 Å². The predicted molar refractivity (Wildman–Crippen MR) is 64.7 cm³/mol. The predicted octanol–water partition coefficient (Wildman–Crippen LogP) is -0.426. The van der Waals surface area contributed by atoms with E-state index in [1.807, 2.05) is 0 Å². The van der Waals surface area contributed by atoms with Crippen LogP contribution in [0.1, 0.15) is 29.0 Å². The lowest BCUT2D eigenvalue weighted by Gasteiger charge is -2.16. The molecular weight excluding hydrogens is 252 g/mol. The Labute approximate surface area is 108 Å². The summed E-state index contributed by atoms with van der Waals surface area (Å²) in [5.41, 5.74) is 3.39. The highest BCUT2D eigenvalue weighted by atomic mass is 16.6. The van der Waals surface area contributed by atoms with Crippen LogP contribution in [-0.4, -0.2) is 27.2 Å². The Balaban J connectivity index is 2.40. The van der Waals surface area contributed by atoms with E-state index in [2.05, 4.69) is 0 Å². The first-order valence-electron chi connectivity index (χ1n) is 5.71. The Bertz CT molecular complexity index is 628. The number of aromatic nitrogens is 1. The van der Waals surface area contributed by atoms with Crippen molar-refractivity contribution in [2.75, 3.05) is 0 Å². The number of nitrogens with zero attached hydrogens (tertiary/aromatic N) is 1. The molecule has 7 nitrogen and oxygen atoms in total. The Morgan fingerprint density at radius 2 is 2.05 bits per heavy atom. The number of amides is 1. The van der Waals surface area contributed by atoms with Crippen LogP contribution in [0.5, 0.6) is 5.75 Å². The van der Waals surface area contributed by atoms with Crippen molar-refractivity contribution >= 4 is 11.9 Å². The fourth-order valence-electron chi connectivity index (χ4n) is 1.78. The number of ether oxygens (including phenoxy) is 1. The summed E-state index contributed by atoms with van der Waals surface area (Å²) in [5, 5.41) is 9.68. The van der Waals surface area contributed by atoms with E-state index in [4.69, 9.17) is 10.5 Å². The van der Waals surface area contributed by atoms with E-state index in [-0.39, 0.29) is 5.69 Å². The van der Waals surface area contributed by atoms with Crippen molar-refractivity contribution in [1.82, 2.24) is 4.57 Å². The third kappa shape index (κ3) is 2.07. The molecule has 2 rings (SSSR count). The van der Waals surface area contributed by atoms with Crippen molar-refractivity contribution in [3.05, 3.63) is 27.7 Å². The number of hydrogen-bond acceptors (Lipinski definition) is 5. The molecule has 1 heterocycles. The standard InChI is InChI=1S/C12H14N2O5/c1-6-5-7(15)9(16)8(14(6)2)10(17)19-12(3-4-12)11(13)18/h5,16H,3-4H2,1-2H3,(H2,13,18). The molecule has 1 aliphatic carbocycles. The highest BCUT2D eigenvalue weighted by molar-refractivity contribution is 5.95. The van der Waals surface area contributed by atoms with E-state index < -0.39 is 28.7 Å². The SMILES string of the molecule is Cc1cc(=O)c(O)c(C(=O)OC2(C(N)=O)CC2)n1C. The molecule has 1 aromatic heterocycles. The van der Waals surface area contributed by atoms with Gasteiger partial charge in [-0.3, -0.25) is 9.59 Å². The maximum atomic E-state index is 12.0. The molecule has 0 atom stereocenters. The molecule has 3 N–H and O–H groups in total. The summed E-state index contributed by atoms with van der Waals surface area (Å²) >= 11 is 0. The Morgan fingerprint density at radius 1 is 1.47 bits per heavy atom. The number of carbonyl (C=O) groups is 2. The third-order valence-electron chi connectivity index (χ3n) is 3.30. The number of carbonyl (C=O) groups excluding carboxylic acids is 2. The number of pyridine rings is 1. The molecule has 0 bridgehead atoms. The molecule has 0 spiro atoms. The largest absolute Gasteiger partial charge is 0.502 e. The molecule has 7 heteroatoms. The first kappa shape index (κ1) is 13.1. The Hall–Kier alpha value is -2.31. The van der Waals surface area contributed by atoms with Gasteiger partial charge in [-0.15, -0.1) is 0 Å². The van der Waals surface area contributed by atoms with Gasteiger partial charge in [-0.05, 0) is 6.92 Å². The lowest BCUT2D eigenvalue weighted by molar-refractivity contribution is -0.128. The van der Waals surface area contributed by atoms with Crippen LogP contribution in [0.2, 0.25) is 0 Å². The summed E-state index contributed by atoms with van der Waals surface area (Å²) in [4.78, 5) is 34.6. The van der Waals surface area contributed by atoms with Crippen LogP contribution in [0.3, 0.4) is 0 Å². The zero-order valence-corrected chi connectivity index (χ0v) is 10.6. The van der Waals surface area contributed by atoms with Gasteiger partial charge in [0.15, 0.2) is 17.0 Å². The first-order chi connectivity index (χ1) is 8.78. The zero-order valence-electron chi connectivity index (χ0n) is 10.6. The van der Waals surface area contributed by atoms with E-state index in [0.717, 1.165) is 0 Å². The highest BCUT2D eigenvalue weighted by Crippen LogP contribution is 2.40. The molecule has 1 amide bonds. The minimum atomic E-state index is -1.29. The number of aromatic hydroxyl groups is 1. The molecule has 1 aromatic rings. The number of esters is 1. The minimum Gasteiger partial charge on any atom is -0.502 e. The number of rotatable bonds is 3. The summed E-state index contributed by atoms with van der Waals surface area (Å²) < 4.78 is 6.36.